The molecule has 0 aromatic heterocycles. The summed E-state index contributed by atoms with van der Waals surface area (Å²) in [6, 6.07) is 0. The van der Waals surface area contributed by atoms with Gasteiger partial charge in [0.15, 0.2) is 0 Å². The van der Waals surface area contributed by atoms with Gasteiger partial charge in [0.05, 0.1) is 0 Å². The highest BCUT2D eigenvalue weighted by Crippen LogP contribution is 2.18. The third-order valence-electron chi connectivity index (χ3n) is 1.51. The first-order valence-corrected chi connectivity index (χ1v) is 3.54. The summed E-state index contributed by atoms with van der Waals surface area (Å²) in [6.07, 6.45) is -3.35. The molecule has 1 aliphatic heterocycles. The van der Waals surface area contributed by atoms with Crippen molar-refractivity contribution >= 4 is 5.97 Å². The highest BCUT2D eigenvalue weighted by Gasteiger charge is 2.42. The van der Waals surface area contributed by atoms with E-state index in [1.165, 1.54) is 0 Å². The Balaban J connectivity index is 2.35. The topological polar surface area (TPSA) is 29.5 Å². The third-order valence-corrected chi connectivity index (χ3v) is 1.51. The molecule has 0 spiro atoms. The zero-order valence-electron chi connectivity index (χ0n) is 6.23. The van der Waals surface area contributed by atoms with Crippen LogP contribution in [0.3, 0.4) is 0 Å². The zero-order valence-corrected chi connectivity index (χ0v) is 6.23. The lowest BCUT2D eigenvalue weighted by molar-refractivity contribution is -0.234. The van der Waals surface area contributed by atoms with Gasteiger partial charge in [0, 0.05) is 13.1 Å². The van der Waals surface area contributed by atoms with E-state index in [9.17, 15) is 18.0 Å². The van der Waals surface area contributed by atoms with E-state index in [0.29, 0.717) is 13.1 Å². The van der Waals surface area contributed by atoms with Gasteiger partial charge in [0.2, 0.25) is 0 Å². The average Bonchev–Trinajstić information content (AvgIpc) is 2.37. The number of alkyl halides is 3. The van der Waals surface area contributed by atoms with Crippen LogP contribution in [-0.2, 0) is 9.63 Å². The van der Waals surface area contributed by atoms with Crippen molar-refractivity contribution in [2.24, 2.45) is 0 Å². The van der Waals surface area contributed by atoms with Crippen LogP contribution >= 0.6 is 0 Å². The summed E-state index contributed by atoms with van der Waals surface area (Å²) in [5.74, 6) is -2.13. The number of carbonyl (C=O) groups is 1. The summed E-state index contributed by atoms with van der Waals surface area (Å²) in [5.41, 5.74) is 0. The number of carbonyl (C=O) groups excluding carboxylic acids is 1. The zero-order chi connectivity index (χ0) is 9.19. The number of halogens is 3. The number of nitrogens with zero attached hydrogens (tertiary/aromatic N) is 1. The minimum atomic E-state index is -4.89. The van der Waals surface area contributed by atoms with Crippen molar-refractivity contribution in [3.8, 4) is 0 Å². The molecular formula is C6H8F3NO2. The first-order chi connectivity index (χ1) is 5.50. The third kappa shape index (κ3) is 2.37. The lowest BCUT2D eigenvalue weighted by Crippen LogP contribution is -2.33. The lowest BCUT2D eigenvalue weighted by atomic mass is 10.4. The van der Waals surface area contributed by atoms with E-state index in [0.717, 1.165) is 17.9 Å². The fourth-order valence-electron chi connectivity index (χ4n) is 0.948. The Labute approximate surface area is 67.0 Å². The summed E-state index contributed by atoms with van der Waals surface area (Å²) in [4.78, 5) is 14.3. The lowest BCUT2D eigenvalue weighted by Gasteiger charge is -2.14. The fourth-order valence-corrected chi connectivity index (χ4v) is 0.948. The molecule has 0 bridgehead atoms. The van der Waals surface area contributed by atoms with Crippen LogP contribution < -0.4 is 0 Å². The van der Waals surface area contributed by atoms with Crippen LogP contribution in [0.4, 0.5) is 13.2 Å². The van der Waals surface area contributed by atoms with Gasteiger partial charge in [-0.3, -0.25) is 0 Å². The standard InChI is InChI=1S/C6H8F3NO2/c7-6(8,9)5(11)12-10-3-1-2-4-10/h1-4H2. The molecule has 12 heavy (non-hydrogen) atoms. The molecule has 3 nitrogen and oxygen atoms in total. The number of hydroxylamine groups is 2. The monoisotopic (exact) mass is 183 g/mol. The highest BCUT2D eigenvalue weighted by atomic mass is 19.4. The molecule has 0 atom stereocenters. The van der Waals surface area contributed by atoms with E-state index >= 15 is 0 Å². The number of hydrogen-bond acceptors (Lipinski definition) is 3. The SMILES string of the molecule is O=C(ON1CCCC1)C(F)(F)F. The minimum absolute atomic E-state index is 0.391. The van der Waals surface area contributed by atoms with E-state index < -0.39 is 12.1 Å². The predicted octanol–water partition coefficient (Wildman–Crippen LogP) is 1.10. The van der Waals surface area contributed by atoms with Gasteiger partial charge in [-0.1, -0.05) is 0 Å². The molecule has 70 valence electrons. The molecule has 0 amide bonds. The Morgan fingerprint density at radius 1 is 1.25 bits per heavy atom. The van der Waals surface area contributed by atoms with Crippen molar-refractivity contribution in [1.29, 1.82) is 0 Å². The van der Waals surface area contributed by atoms with Gasteiger partial charge < -0.3 is 4.84 Å². The second-order valence-electron chi connectivity index (χ2n) is 2.51. The summed E-state index contributed by atoms with van der Waals surface area (Å²) < 4.78 is 34.8. The van der Waals surface area contributed by atoms with E-state index in [2.05, 4.69) is 4.84 Å². The largest absolute Gasteiger partial charge is 0.492 e. The number of rotatable bonds is 1. The molecule has 0 saturated carbocycles. The van der Waals surface area contributed by atoms with Crippen molar-refractivity contribution in [3.05, 3.63) is 0 Å². The first kappa shape index (κ1) is 9.31. The Morgan fingerprint density at radius 3 is 2.17 bits per heavy atom. The van der Waals surface area contributed by atoms with Gasteiger partial charge >= 0.3 is 12.1 Å². The summed E-state index contributed by atoms with van der Waals surface area (Å²) in [7, 11) is 0. The van der Waals surface area contributed by atoms with Gasteiger partial charge in [-0.05, 0) is 12.8 Å². The predicted molar refractivity (Wildman–Crippen MR) is 33.0 cm³/mol. The fraction of sp³-hybridized carbons (Fsp3) is 0.833. The molecule has 0 aromatic carbocycles. The van der Waals surface area contributed by atoms with Crippen molar-refractivity contribution in [1.82, 2.24) is 5.06 Å². The van der Waals surface area contributed by atoms with Crippen LogP contribution in [0.2, 0.25) is 0 Å². The van der Waals surface area contributed by atoms with E-state index in [4.69, 9.17) is 0 Å². The molecule has 1 aliphatic rings. The van der Waals surface area contributed by atoms with Crippen LogP contribution in [0, 0.1) is 0 Å². The van der Waals surface area contributed by atoms with Crippen molar-refractivity contribution in [2.45, 2.75) is 19.0 Å². The molecule has 1 heterocycles. The number of hydrogen-bond donors (Lipinski definition) is 0. The normalized spacial score (nSPS) is 19.6. The molecular weight excluding hydrogens is 175 g/mol. The molecule has 0 unspecified atom stereocenters. The Kier molecular flexibility index (Phi) is 2.56. The maximum absolute atomic E-state index is 11.6. The van der Waals surface area contributed by atoms with Gasteiger partial charge in [0.25, 0.3) is 0 Å². The Morgan fingerprint density at radius 2 is 1.75 bits per heavy atom. The molecule has 0 aliphatic carbocycles. The van der Waals surface area contributed by atoms with Crippen molar-refractivity contribution < 1.29 is 22.8 Å². The second-order valence-corrected chi connectivity index (χ2v) is 2.51. The van der Waals surface area contributed by atoms with Crippen LogP contribution in [0.25, 0.3) is 0 Å². The first-order valence-electron chi connectivity index (χ1n) is 3.54. The summed E-state index contributed by atoms with van der Waals surface area (Å²) >= 11 is 0. The van der Waals surface area contributed by atoms with Crippen LogP contribution in [-0.4, -0.2) is 30.3 Å². The van der Waals surface area contributed by atoms with Crippen LogP contribution in [0.1, 0.15) is 12.8 Å². The molecule has 6 heteroatoms. The second kappa shape index (κ2) is 3.30. The van der Waals surface area contributed by atoms with Crippen LogP contribution in [0.15, 0.2) is 0 Å². The maximum Gasteiger partial charge on any atom is 0.492 e. The summed E-state index contributed by atoms with van der Waals surface area (Å²) in [5, 5.41) is 1.04. The van der Waals surface area contributed by atoms with E-state index in [1.807, 2.05) is 0 Å². The van der Waals surface area contributed by atoms with Gasteiger partial charge in [-0.15, -0.1) is 5.06 Å². The maximum atomic E-state index is 11.6. The molecule has 0 N–H and O–H groups in total. The molecule has 1 rings (SSSR count). The molecule has 1 saturated heterocycles. The molecule has 0 radical (unpaired) electrons. The molecule has 1 fully saturated rings. The Bertz CT molecular complexity index is 174. The highest BCUT2D eigenvalue weighted by molar-refractivity contribution is 5.75. The Hall–Kier alpha value is -0.780. The van der Waals surface area contributed by atoms with Gasteiger partial charge in [-0.25, -0.2) is 4.79 Å². The van der Waals surface area contributed by atoms with Crippen LogP contribution in [0.5, 0.6) is 0 Å². The van der Waals surface area contributed by atoms with E-state index in [-0.39, 0.29) is 0 Å². The van der Waals surface area contributed by atoms with E-state index in [1.54, 1.807) is 0 Å². The smallest absolute Gasteiger partial charge is 0.361 e. The van der Waals surface area contributed by atoms with Crippen molar-refractivity contribution in [2.75, 3.05) is 13.1 Å². The molecule has 0 aromatic rings. The minimum Gasteiger partial charge on any atom is -0.361 e. The average molecular weight is 183 g/mol. The van der Waals surface area contributed by atoms with Crippen molar-refractivity contribution in [3.63, 3.8) is 0 Å². The van der Waals surface area contributed by atoms with Gasteiger partial charge in [0.1, 0.15) is 0 Å². The summed E-state index contributed by atoms with van der Waals surface area (Å²) in [6.45, 7) is 0.781. The van der Waals surface area contributed by atoms with Gasteiger partial charge in [-0.2, -0.15) is 13.2 Å². The quantitative estimate of drug-likeness (QED) is 0.609.